The number of hydrogen-bond acceptors (Lipinski definition) is 2. The minimum atomic E-state index is -0.376. The molecule has 96 valence electrons. The normalized spacial score (nSPS) is 30.4. The highest BCUT2D eigenvalue weighted by Crippen LogP contribution is 2.51. The van der Waals surface area contributed by atoms with Crippen LogP contribution >= 0.6 is 0 Å². The van der Waals surface area contributed by atoms with Gasteiger partial charge in [-0.25, -0.2) is 4.79 Å². The summed E-state index contributed by atoms with van der Waals surface area (Å²) in [4.78, 5) is 13.9. The van der Waals surface area contributed by atoms with Gasteiger partial charge in [-0.05, 0) is 32.3 Å². The van der Waals surface area contributed by atoms with Crippen LogP contribution in [0.3, 0.4) is 0 Å². The first-order valence-electron chi connectivity index (χ1n) is 6.79. The zero-order valence-corrected chi connectivity index (χ0v) is 11.0. The molecule has 0 saturated heterocycles. The van der Waals surface area contributed by atoms with Crippen LogP contribution in [0.2, 0.25) is 0 Å². The van der Waals surface area contributed by atoms with Crippen molar-refractivity contribution in [3.63, 3.8) is 0 Å². The van der Waals surface area contributed by atoms with Crippen molar-refractivity contribution in [1.82, 2.24) is 0 Å². The number of nitrogens with zero attached hydrogens (tertiary/aromatic N) is 1. The molecule has 1 aromatic rings. The van der Waals surface area contributed by atoms with E-state index in [1.54, 1.807) is 4.90 Å². The predicted octanol–water partition coefficient (Wildman–Crippen LogP) is 3.68. The van der Waals surface area contributed by atoms with Gasteiger partial charge in [0.25, 0.3) is 0 Å². The number of carbonyl (C=O) groups is 1. The molecule has 18 heavy (non-hydrogen) atoms. The molecular weight excluding hydrogens is 226 g/mol. The molecule has 0 bridgehead atoms. The van der Waals surface area contributed by atoms with Gasteiger partial charge in [-0.3, -0.25) is 4.90 Å². The van der Waals surface area contributed by atoms with Crippen molar-refractivity contribution >= 4 is 11.8 Å². The van der Waals surface area contributed by atoms with Gasteiger partial charge < -0.3 is 4.74 Å². The second kappa shape index (κ2) is 4.01. The largest absolute Gasteiger partial charge is 0.437 e. The summed E-state index contributed by atoms with van der Waals surface area (Å²) in [6.07, 6.45) is 3.03. The van der Waals surface area contributed by atoms with Crippen molar-refractivity contribution in [2.45, 2.75) is 38.7 Å². The van der Waals surface area contributed by atoms with Gasteiger partial charge in [-0.2, -0.15) is 0 Å². The Morgan fingerprint density at radius 3 is 2.89 bits per heavy atom. The van der Waals surface area contributed by atoms with E-state index in [2.05, 4.69) is 13.0 Å². The van der Waals surface area contributed by atoms with Gasteiger partial charge in [0.15, 0.2) is 0 Å². The lowest BCUT2D eigenvalue weighted by molar-refractivity contribution is -0.0194. The molecule has 3 heteroatoms. The molecule has 0 aromatic heterocycles. The van der Waals surface area contributed by atoms with E-state index in [1.807, 2.05) is 25.1 Å². The number of carbonyl (C=O) groups excluding carboxylic acids is 1. The maximum absolute atomic E-state index is 12.2. The van der Waals surface area contributed by atoms with Crippen LogP contribution in [0.5, 0.6) is 0 Å². The van der Waals surface area contributed by atoms with Crippen LogP contribution in [-0.4, -0.2) is 12.6 Å². The summed E-state index contributed by atoms with van der Waals surface area (Å²) < 4.78 is 5.86. The van der Waals surface area contributed by atoms with E-state index in [1.165, 1.54) is 5.56 Å². The Labute approximate surface area is 108 Å². The van der Waals surface area contributed by atoms with Crippen molar-refractivity contribution in [3.05, 3.63) is 29.8 Å². The van der Waals surface area contributed by atoms with Crippen molar-refractivity contribution < 1.29 is 9.53 Å². The van der Waals surface area contributed by atoms with Crippen LogP contribution in [0.15, 0.2) is 24.3 Å². The molecule has 1 saturated carbocycles. The van der Waals surface area contributed by atoms with Crippen LogP contribution in [0, 0.1) is 5.92 Å². The fourth-order valence-electron chi connectivity index (χ4n) is 3.43. The average Bonchev–Trinajstić information content (AvgIpc) is 2.72. The monoisotopic (exact) mass is 245 g/mol. The Kier molecular flexibility index (Phi) is 2.58. The van der Waals surface area contributed by atoms with Crippen LogP contribution in [0.1, 0.15) is 38.7 Å². The lowest BCUT2D eigenvalue weighted by Gasteiger charge is -2.42. The fourth-order valence-corrected chi connectivity index (χ4v) is 3.43. The maximum Gasteiger partial charge on any atom is 0.415 e. The molecule has 3 rings (SSSR count). The van der Waals surface area contributed by atoms with Gasteiger partial charge in [-0.1, -0.05) is 25.1 Å². The standard InChI is InChI=1S/C15H19NO2/c1-3-16-13-9-5-4-8-12(13)15(18-14(16)17)10-6-7-11(15)2/h4-5,8-9,11H,3,6-7,10H2,1-2H3/t11-,15+/m0/s1. The van der Waals surface area contributed by atoms with Crippen LogP contribution in [-0.2, 0) is 10.3 Å². The Hall–Kier alpha value is -1.51. The molecule has 1 heterocycles. The van der Waals surface area contributed by atoms with E-state index in [9.17, 15) is 4.79 Å². The molecular formula is C15H19NO2. The highest BCUT2D eigenvalue weighted by Gasteiger charge is 2.50. The topological polar surface area (TPSA) is 29.5 Å². The lowest BCUT2D eigenvalue weighted by Crippen LogP contribution is -2.47. The minimum Gasteiger partial charge on any atom is -0.437 e. The van der Waals surface area contributed by atoms with E-state index in [0.717, 1.165) is 24.9 Å². The van der Waals surface area contributed by atoms with E-state index in [0.29, 0.717) is 12.5 Å². The highest BCUT2D eigenvalue weighted by atomic mass is 16.6. The molecule has 0 N–H and O–H groups in total. The van der Waals surface area contributed by atoms with E-state index in [4.69, 9.17) is 4.74 Å². The Morgan fingerprint density at radius 2 is 2.22 bits per heavy atom. The molecule has 1 fully saturated rings. The fraction of sp³-hybridized carbons (Fsp3) is 0.533. The highest BCUT2D eigenvalue weighted by molar-refractivity contribution is 5.91. The third-order valence-electron chi connectivity index (χ3n) is 4.44. The molecule has 1 amide bonds. The molecule has 1 aromatic carbocycles. The van der Waals surface area contributed by atoms with Gasteiger partial charge in [0.2, 0.25) is 0 Å². The number of para-hydroxylation sites is 1. The molecule has 1 aliphatic carbocycles. The van der Waals surface area contributed by atoms with Crippen molar-refractivity contribution in [2.75, 3.05) is 11.4 Å². The summed E-state index contributed by atoms with van der Waals surface area (Å²) in [6.45, 7) is 4.83. The van der Waals surface area contributed by atoms with Crippen molar-refractivity contribution in [2.24, 2.45) is 5.92 Å². The van der Waals surface area contributed by atoms with E-state index in [-0.39, 0.29) is 11.7 Å². The zero-order chi connectivity index (χ0) is 12.8. The minimum absolute atomic E-state index is 0.190. The Morgan fingerprint density at radius 1 is 1.44 bits per heavy atom. The first kappa shape index (κ1) is 11.6. The predicted molar refractivity (Wildman–Crippen MR) is 70.6 cm³/mol. The van der Waals surface area contributed by atoms with Crippen LogP contribution in [0.4, 0.5) is 10.5 Å². The molecule has 2 atom stereocenters. The molecule has 1 aliphatic heterocycles. The number of anilines is 1. The third-order valence-corrected chi connectivity index (χ3v) is 4.44. The van der Waals surface area contributed by atoms with Crippen LogP contribution in [0.25, 0.3) is 0 Å². The van der Waals surface area contributed by atoms with Crippen molar-refractivity contribution in [1.29, 1.82) is 0 Å². The van der Waals surface area contributed by atoms with Gasteiger partial charge in [0.1, 0.15) is 5.60 Å². The summed E-state index contributed by atoms with van der Waals surface area (Å²) in [6, 6.07) is 8.18. The van der Waals surface area contributed by atoms with Gasteiger partial charge in [0, 0.05) is 18.0 Å². The van der Waals surface area contributed by atoms with E-state index < -0.39 is 0 Å². The zero-order valence-electron chi connectivity index (χ0n) is 11.0. The first-order chi connectivity index (χ1) is 8.69. The lowest BCUT2D eigenvalue weighted by atomic mass is 9.82. The second-order valence-corrected chi connectivity index (χ2v) is 5.31. The Bertz CT molecular complexity index is 485. The summed E-state index contributed by atoms with van der Waals surface area (Å²) in [5.74, 6) is 0.404. The smallest absolute Gasteiger partial charge is 0.415 e. The number of ether oxygens (including phenoxy) is 1. The molecule has 3 nitrogen and oxygen atoms in total. The molecule has 0 unspecified atom stereocenters. The quantitative estimate of drug-likeness (QED) is 0.755. The number of amides is 1. The van der Waals surface area contributed by atoms with Gasteiger partial charge >= 0.3 is 6.09 Å². The Balaban J connectivity index is 2.17. The third kappa shape index (κ3) is 1.39. The number of fused-ring (bicyclic) bond motifs is 2. The van der Waals surface area contributed by atoms with Gasteiger partial charge in [-0.15, -0.1) is 0 Å². The summed E-state index contributed by atoms with van der Waals surface area (Å²) in [7, 11) is 0. The second-order valence-electron chi connectivity index (χ2n) is 5.31. The maximum atomic E-state index is 12.2. The first-order valence-corrected chi connectivity index (χ1v) is 6.79. The number of hydrogen-bond donors (Lipinski definition) is 0. The van der Waals surface area contributed by atoms with Crippen LogP contribution < -0.4 is 4.90 Å². The molecule has 2 aliphatic rings. The summed E-state index contributed by atoms with van der Waals surface area (Å²) in [5, 5.41) is 0. The molecule has 1 spiro atoms. The number of rotatable bonds is 1. The summed E-state index contributed by atoms with van der Waals surface area (Å²) in [5.41, 5.74) is 1.85. The summed E-state index contributed by atoms with van der Waals surface area (Å²) >= 11 is 0. The van der Waals surface area contributed by atoms with Gasteiger partial charge in [0.05, 0.1) is 5.69 Å². The number of benzene rings is 1. The average molecular weight is 245 g/mol. The molecule has 0 radical (unpaired) electrons. The SMILES string of the molecule is CCN1C(=O)O[C@@]2(CCC[C@@H]2C)c2ccccc21. The van der Waals surface area contributed by atoms with Crippen molar-refractivity contribution in [3.8, 4) is 0 Å². The van der Waals surface area contributed by atoms with E-state index >= 15 is 0 Å².